The van der Waals surface area contributed by atoms with Gasteiger partial charge in [-0.25, -0.2) is 21.9 Å². The standard InChI is InChI=1S/C10H12F4N2O2S/c1-6-2-7(15)4-8(3-6)19(17,18)16-5-10(13,14)9(11)12/h2-4,9,16H,5,15H2,1H3. The molecule has 0 aliphatic carbocycles. The van der Waals surface area contributed by atoms with Crippen molar-refractivity contribution in [1.82, 2.24) is 4.72 Å². The average molecular weight is 300 g/mol. The van der Waals surface area contributed by atoms with Gasteiger partial charge in [0, 0.05) is 5.69 Å². The van der Waals surface area contributed by atoms with Gasteiger partial charge in [-0.3, -0.25) is 0 Å². The summed E-state index contributed by atoms with van der Waals surface area (Å²) in [5.74, 6) is -4.43. The van der Waals surface area contributed by atoms with E-state index in [9.17, 15) is 26.0 Å². The fourth-order valence-corrected chi connectivity index (χ4v) is 2.46. The minimum Gasteiger partial charge on any atom is -0.399 e. The Morgan fingerprint density at radius 3 is 2.37 bits per heavy atom. The van der Waals surface area contributed by atoms with E-state index in [-0.39, 0.29) is 10.6 Å². The second-order valence-corrected chi connectivity index (χ2v) is 5.73. The topological polar surface area (TPSA) is 72.2 Å². The molecular weight excluding hydrogens is 288 g/mol. The quantitative estimate of drug-likeness (QED) is 0.643. The molecule has 0 radical (unpaired) electrons. The molecule has 1 aromatic rings. The highest BCUT2D eigenvalue weighted by molar-refractivity contribution is 7.89. The molecule has 1 rings (SSSR count). The van der Waals surface area contributed by atoms with Crippen LogP contribution in [0.5, 0.6) is 0 Å². The van der Waals surface area contributed by atoms with Gasteiger partial charge in [0.2, 0.25) is 10.0 Å². The van der Waals surface area contributed by atoms with Crippen molar-refractivity contribution in [2.24, 2.45) is 0 Å². The van der Waals surface area contributed by atoms with Gasteiger partial charge in [-0.2, -0.15) is 8.78 Å². The van der Waals surface area contributed by atoms with Crippen LogP contribution in [0, 0.1) is 6.92 Å². The summed E-state index contributed by atoms with van der Waals surface area (Å²) in [6.07, 6.45) is -3.95. The van der Waals surface area contributed by atoms with Crippen LogP contribution in [-0.2, 0) is 10.0 Å². The van der Waals surface area contributed by atoms with E-state index >= 15 is 0 Å². The molecule has 108 valence electrons. The van der Waals surface area contributed by atoms with Crippen LogP contribution in [0.1, 0.15) is 5.56 Å². The maximum atomic E-state index is 12.6. The third-order valence-electron chi connectivity index (χ3n) is 2.20. The molecule has 0 atom stereocenters. The van der Waals surface area contributed by atoms with Gasteiger partial charge >= 0.3 is 12.3 Å². The molecule has 0 aliphatic heterocycles. The first kappa shape index (κ1) is 15.7. The summed E-state index contributed by atoms with van der Waals surface area (Å²) in [6.45, 7) is -0.121. The number of nitrogen functional groups attached to an aromatic ring is 1. The zero-order chi connectivity index (χ0) is 14.8. The molecule has 0 saturated carbocycles. The van der Waals surface area contributed by atoms with Gasteiger partial charge in [-0.05, 0) is 30.7 Å². The Morgan fingerprint density at radius 2 is 1.89 bits per heavy atom. The van der Waals surface area contributed by atoms with Gasteiger partial charge in [0.25, 0.3) is 0 Å². The number of halogens is 4. The van der Waals surface area contributed by atoms with Gasteiger partial charge in [0.05, 0.1) is 11.4 Å². The maximum absolute atomic E-state index is 12.6. The Labute approximate surface area is 107 Å². The highest BCUT2D eigenvalue weighted by Gasteiger charge is 2.41. The molecule has 0 saturated heterocycles. The minimum absolute atomic E-state index is 0.126. The summed E-state index contributed by atoms with van der Waals surface area (Å²) in [6, 6.07) is 3.72. The Kier molecular flexibility index (Phi) is 4.41. The average Bonchev–Trinajstić information content (AvgIpc) is 2.25. The SMILES string of the molecule is Cc1cc(N)cc(S(=O)(=O)NCC(F)(F)C(F)F)c1. The van der Waals surface area contributed by atoms with Crippen molar-refractivity contribution in [1.29, 1.82) is 0 Å². The summed E-state index contributed by atoms with van der Waals surface area (Å²) in [7, 11) is -4.32. The summed E-state index contributed by atoms with van der Waals surface area (Å²) < 4.78 is 73.9. The van der Waals surface area contributed by atoms with Crippen LogP contribution in [-0.4, -0.2) is 27.3 Å². The molecule has 9 heteroatoms. The Hall–Kier alpha value is -1.35. The highest BCUT2D eigenvalue weighted by atomic mass is 32.2. The molecule has 0 aliphatic rings. The lowest BCUT2D eigenvalue weighted by Crippen LogP contribution is -2.41. The van der Waals surface area contributed by atoms with Crippen molar-refractivity contribution in [2.75, 3.05) is 12.3 Å². The predicted octanol–water partition coefficient (Wildman–Crippen LogP) is 1.76. The zero-order valence-corrected chi connectivity index (χ0v) is 10.6. The number of hydrogen-bond acceptors (Lipinski definition) is 3. The third-order valence-corrected chi connectivity index (χ3v) is 3.58. The first-order valence-electron chi connectivity index (χ1n) is 5.07. The fraction of sp³-hybridized carbons (Fsp3) is 0.400. The number of sulfonamides is 1. The molecule has 1 aromatic carbocycles. The minimum atomic E-state index is -4.43. The second-order valence-electron chi connectivity index (χ2n) is 3.97. The first-order chi connectivity index (χ1) is 8.54. The van der Waals surface area contributed by atoms with Crippen molar-refractivity contribution in [2.45, 2.75) is 24.2 Å². The number of alkyl halides is 4. The first-order valence-corrected chi connectivity index (χ1v) is 6.56. The largest absolute Gasteiger partial charge is 0.399 e. The lowest BCUT2D eigenvalue weighted by molar-refractivity contribution is -0.122. The molecular formula is C10H12F4N2O2S. The summed E-state index contributed by atoms with van der Waals surface area (Å²) >= 11 is 0. The molecule has 3 N–H and O–H groups in total. The molecule has 0 amide bonds. The highest BCUT2D eigenvalue weighted by Crippen LogP contribution is 2.23. The third kappa shape index (κ3) is 4.06. The summed E-state index contributed by atoms with van der Waals surface area (Å²) in [4.78, 5) is -0.352. The number of hydrogen-bond donors (Lipinski definition) is 2. The monoisotopic (exact) mass is 300 g/mol. The van der Waals surface area contributed by atoms with Crippen LogP contribution in [0.4, 0.5) is 23.2 Å². The Balaban J connectivity index is 2.93. The molecule has 0 spiro atoms. The molecule has 19 heavy (non-hydrogen) atoms. The number of anilines is 1. The van der Waals surface area contributed by atoms with Crippen LogP contribution < -0.4 is 10.5 Å². The van der Waals surface area contributed by atoms with E-state index in [0.29, 0.717) is 5.56 Å². The molecule has 4 nitrogen and oxygen atoms in total. The van der Waals surface area contributed by atoms with Crippen molar-refractivity contribution in [3.8, 4) is 0 Å². The predicted molar refractivity (Wildman–Crippen MR) is 61.7 cm³/mol. The van der Waals surface area contributed by atoms with Gasteiger partial charge in [0.15, 0.2) is 0 Å². The maximum Gasteiger partial charge on any atom is 0.320 e. The normalized spacial score (nSPS) is 12.9. The van der Waals surface area contributed by atoms with Crippen LogP contribution >= 0.6 is 0 Å². The zero-order valence-electron chi connectivity index (χ0n) is 9.83. The number of nitrogens with two attached hydrogens (primary N) is 1. The van der Waals surface area contributed by atoms with Gasteiger partial charge < -0.3 is 5.73 Å². The molecule has 0 bridgehead atoms. The van der Waals surface area contributed by atoms with E-state index in [4.69, 9.17) is 5.73 Å². The fourth-order valence-electron chi connectivity index (χ4n) is 1.28. The van der Waals surface area contributed by atoms with Crippen LogP contribution in [0.15, 0.2) is 23.1 Å². The molecule has 0 aromatic heterocycles. The van der Waals surface area contributed by atoms with Crippen LogP contribution in [0.25, 0.3) is 0 Å². The van der Waals surface area contributed by atoms with E-state index in [1.54, 1.807) is 6.92 Å². The smallest absolute Gasteiger partial charge is 0.320 e. The lowest BCUT2D eigenvalue weighted by atomic mass is 10.2. The van der Waals surface area contributed by atoms with Crippen molar-refractivity contribution < 1.29 is 26.0 Å². The lowest BCUT2D eigenvalue weighted by Gasteiger charge is -2.16. The Morgan fingerprint density at radius 1 is 1.32 bits per heavy atom. The number of benzene rings is 1. The van der Waals surface area contributed by atoms with Crippen molar-refractivity contribution in [3.63, 3.8) is 0 Å². The van der Waals surface area contributed by atoms with E-state index in [1.165, 1.54) is 16.9 Å². The van der Waals surface area contributed by atoms with Crippen molar-refractivity contribution >= 4 is 15.7 Å². The number of rotatable bonds is 5. The molecule has 0 fully saturated rings. The summed E-state index contributed by atoms with van der Waals surface area (Å²) in [5, 5.41) is 0. The number of aryl methyl sites for hydroxylation is 1. The number of nitrogens with one attached hydrogen (secondary N) is 1. The van der Waals surface area contributed by atoms with E-state index in [1.807, 2.05) is 0 Å². The summed E-state index contributed by atoms with van der Waals surface area (Å²) in [5.41, 5.74) is 6.05. The van der Waals surface area contributed by atoms with Gasteiger partial charge in [-0.1, -0.05) is 0 Å². The van der Waals surface area contributed by atoms with E-state index < -0.39 is 28.9 Å². The van der Waals surface area contributed by atoms with Crippen LogP contribution in [0.2, 0.25) is 0 Å². The van der Waals surface area contributed by atoms with Gasteiger partial charge in [-0.15, -0.1) is 0 Å². The second kappa shape index (κ2) is 5.33. The molecule has 0 heterocycles. The van der Waals surface area contributed by atoms with Crippen molar-refractivity contribution in [3.05, 3.63) is 23.8 Å². The van der Waals surface area contributed by atoms with E-state index in [2.05, 4.69) is 0 Å². The van der Waals surface area contributed by atoms with Gasteiger partial charge in [0.1, 0.15) is 0 Å². The van der Waals surface area contributed by atoms with Crippen LogP contribution in [0.3, 0.4) is 0 Å². The Bertz CT molecular complexity index is 540. The molecule has 0 unspecified atom stereocenters. The van der Waals surface area contributed by atoms with E-state index in [0.717, 1.165) is 6.07 Å².